The summed E-state index contributed by atoms with van der Waals surface area (Å²) in [7, 11) is -2.11. The molecule has 148 valence electrons. The lowest BCUT2D eigenvalue weighted by Gasteiger charge is -2.30. The molecule has 0 aromatic heterocycles. The van der Waals surface area contributed by atoms with Crippen LogP contribution in [-0.2, 0) is 32.6 Å². The van der Waals surface area contributed by atoms with Gasteiger partial charge in [0.05, 0.1) is 17.2 Å². The quantitative estimate of drug-likeness (QED) is 0.807. The lowest BCUT2D eigenvalue weighted by atomic mass is 10.0. The maximum absolute atomic E-state index is 12.7. The number of benzene rings is 2. The number of ether oxygens (including phenoxy) is 1. The molecule has 28 heavy (non-hydrogen) atoms. The number of nitrogens with zero attached hydrogens (tertiary/aromatic N) is 1. The topological polar surface area (TPSA) is 75.7 Å². The molecule has 1 aliphatic carbocycles. The number of rotatable bonds is 6. The van der Waals surface area contributed by atoms with Crippen molar-refractivity contribution in [1.29, 1.82) is 0 Å². The highest BCUT2D eigenvalue weighted by Crippen LogP contribution is 2.37. The SMILES string of the molecule is COCc1ccc(S(=O)(=O)Nc2ccc3c(c2)N(C(=O)C2CC2)CCC3)cc1. The molecule has 6 nitrogen and oxygen atoms in total. The highest BCUT2D eigenvalue weighted by atomic mass is 32.2. The maximum atomic E-state index is 12.7. The lowest BCUT2D eigenvalue weighted by Crippen LogP contribution is -2.36. The number of amides is 1. The molecule has 1 N–H and O–H groups in total. The molecule has 2 aromatic carbocycles. The molecule has 1 saturated carbocycles. The number of carbonyl (C=O) groups excluding carboxylic acids is 1. The Bertz CT molecular complexity index is 982. The summed E-state index contributed by atoms with van der Waals surface area (Å²) in [5.41, 5.74) is 3.30. The van der Waals surface area contributed by atoms with E-state index in [9.17, 15) is 13.2 Å². The Balaban J connectivity index is 1.57. The van der Waals surface area contributed by atoms with Gasteiger partial charge in [-0.05, 0) is 61.1 Å². The molecule has 7 heteroatoms. The number of methoxy groups -OCH3 is 1. The van der Waals surface area contributed by atoms with E-state index in [0.717, 1.165) is 42.5 Å². The molecule has 0 radical (unpaired) electrons. The summed E-state index contributed by atoms with van der Waals surface area (Å²) in [6.07, 6.45) is 3.74. The molecule has 0 saturated heterocycles. The van der Waals surface area contributed by atoms with Crippen LogP contribution in [0.1, 0.15) is 30.4 Å². The van der Waals surface area contributed by atoms with Crippen molar-refractivity contribution in [3.63, 3.8) is 0 Å². The summed E-state index contributed by atoms with van der Waals surface area (Å²) in [4.78, 5) is 14.6. The van der Waals surface area contributed by atoms with Crippen molar-refractivity contribution in [2.75, 3.05) is 23.3 Å². The van der Waals surface area contributed by atoms with Gasteiger partial charge in [-0.15, -0.1) is 0 Å². The second kappa shape index (κ2) is 7.56. The Hall–Kier alpha value is -2.38. The van der Waals surface area contributed by atoms with E-state index in [2.05, 4.69) is 4.72 Å². The van der Waals surface area contributed by atoms with Crippen molar-refractivity contribution in [3.05, 3.63) is 53.6 Å². The van der Waals surface area contributed by atoms with Gasteiger partial charge in [0.2, 0.25) is 5.91 Å². The summed E-state index contributed by atoms with van der Waals surface area (Å²) >= 11 is 0. The van der Waals surface area contributed by atoms with E-state index in [1.54, 1.807) is 43.5 Å². The first-order chi connectivity index (χ1) is 13.5. The van der Waals surface area contributed by atoms with Crippen molar-refractivity contribution >= 4 is 27.3 Å². The lowest BCUT2D eigenvalue weighted by molar-refractivity contribution is -0.119. The molecule has 0 atom stereocenters. The van der Waals surface area contributed by atoms with E-state index in [1.807, 2.05) is 11.0 Å². The first kappa shape index (κ1) is 19.0. The highest BCUT2D eigenvalue weighted by molar-refractivity contribution is 7.92. The molecule has 2 aliphatic rings. The minimum atomic E-state index is -3.71. The van der Waals surface area contributed by atoms with Gasteiger partial charge in [-0.1, -0.05) is 18.2 Å². The molecule has 1 aliphatic heterocycles. The highest BCUT2D eigenvalue weighted by Gasteiger charge is 2.35. The molecule has 2 aromatic rings. The number of hydrogen-bond acceptors (Lipinski definition) is 4. The van der Waals surface area contributed by atoms with Crippen LogP contribution >= 0.6 is 0 Å². The van der Waals surface area contributed by atoms with Gasteiger partial charge < -0.3 is 9.64 Å². The van der Waals surface area contributed by atoms with E-state index in [-0.39, 0.29) is 16.7 Å². The van der Waals surface area contributed by atoms with Crippen LogP contribution in [0.3, 0.4) is 0 Å². The van der Waals surface area contributed by atoms with E-state index in [0.29, 0.717) is 18.8 Å². The molecular weight excluding hydrogens is 376 g/mol. The van der Waals surface area contributed by atoms with Crippen LogP contribution in [0.5, 0.6) is 0 Å². The molecule has 0 unspecified atom stereocenters. The summed E-state index contributed by atoms with van der Waals surface area (Å²) in [5, 5.41) is 0. The Labute approximate surface area is 165 Å². The van der Waals surface area contributed by atoms with Crippen LogP contribution in [0.15, 0.2) is 47.4 Å². The summed E-state index contributed by atoms with van der Waals surface area (Å²) in [6.45, 7) is 1.13. The largest absolute Gasteiger partial charge is 0.380 e. The molecule has 1 amide bonds. The Morgan fingerprint density at radius 1 is 1.18 bits per heavy atom. The monoisotopic (exact) mass is 400 g/mol. The standard InChI is InChI=1S/C21H24N2O4S/c1-27-14-15-4-10-19(11-5-15)28(25,26)22-18-9-8-16-3-2-12-23(20(16)13-18)21(24)17-6-7-17/h4-5,8-11,13,17,22H,2-3,6-7,12,14H2,1H3. The predicted octanol–water partition coefficient (Wildman–Crippen LogP) is 3.32. The van der Waals surface area contributed by atoms with Crippen molar-refractivity contribution < 1.29 is 17.9 Å². The summed E-state index contributed by atoms with van der Waals surface area (Å²) < 4.78 is 33.2. The number of aryl methyl sites for hydroxylation is 1. The second-order valence-electron chi connectivity index (χ2n) is 7.39. The van der Waals surface area contributed by atoms with Crippen molar-refractivity contribution in [3.8, 4) is 0 Å². The summed E-state index contributed by atoms with van der Waals surface area (Å²) in [6, 6.07) is 12.1. The van der Waals surface area contributed by atoms with Gasteiger partial charge in [0.15, 0.2) is 0 Å². The maximum Gasteiger partial charge on any atom is 0.261 e. The van der Waals surface area contributed by atoms with Gasteiger partial charge in [-0.25, -0.2) is 8.42 Å². The molecule has 0 spiro atoms. The third-order valence-corrected chi connectivity index (χ3v) is 6.59. The number of nitrogens with one attached hydrogen (secondary N) is 1. The van der Waals surface area contributed by atoms with E-state index >= 15 is 0 Å². The fourth-order valence-corrected chi connectivity index (χ4v) is 4.61. The Kier molecular flexibility index (Phi) is 5.12. The third-order valence-electron chi connectivity index (χ3n) is 5.19. The van der Waals surface area contributed by atoms with E-state index in [1.165, 1.54) is 0 Å². The third kappa shape index (κ3) is 3.91. The van der Waals surface area contributed by atoms with Crippen LogP contribution in [0.2, 0.25) is 0 Å². The average molecular weight is 401 g/mol. The first-order valence-electron chi connectivity index (χ1n) is 9.53. The Morgan fingerprint density at radius 2 is 1.93 bits per heavy atom. The zero-order chi connectivity index (χ0) is 19.7. The normalized spacial score (nSPS) is 16.5. The second-order valence-corrected chi connectivity index (χ2v) is 9.08. The fraction of sp³-hybridized carbons (Fsp3) is 0.381. The van der Waals surface area contributed by atoms with E-state index in [4.69, 9.17) is 4.74 Å². The number of carbonyl (C=O) groups is 1. The van der Waals surface area contributed by atoms with Crippen LogP contribution in [-0.4, -0.2) is 28.0 Å². The van der Waals surface area contributed by atoms with Crippen LogP contribution in [0.4, 0.5) is 11.4 Å². The average Bonchev–Trinajstić information content (AvgIpc) is 3.53. The molecular formula is C21H24N2O4S. The minimum Gasteiger partial charge on any atom is -0.380 e. The fourth-order valence-electron chi connectivity index (χ4n) is 3.56. The molecule has 4 rings (SSSR count). The van der Waals surface area contributed by atoms with Crippen LogP contribution < -0.4 is 9.62 Å². The molecule has 0 bridgehead atoms. The van der Waals surface area contributed by atoms with Gasteiger partial charge >= 0.3 is 0 Å². The molecule has 1 heterocycles. The van der Waals surface area contributed by atoms with Gasteiger partial charge in [-0.3, -0.25) is 9.52 Å². The Morgan fingerprint density at radius 3 is 2.61 bits per heavy atom. The zero-order valence-corrected chi connectivity index (χ0v) is 16.7. The summed E-state index contributed by atoms with van der Waals surface area (Å²) in [5.74, 6) is 0.298. The predicted molar refractivity (Wildman–Crippen MR) is 108 cm³/mol. The molecule has 1 fully saturated rings. The van der Waals surface area contributed by atoms with E-state index < -0.39 is 10.0 Å². The first-order valence-corrected chi connectivity index (χ1v) is 11.0. The van der Waals surface area contributed by atoms with Crippen molar-refractivity contribution in [2.45, 2.75) is 37.2 Å². The van der Waals surface area contributed by atoms with Gasteiger partial charge in [-0.2, -0.15) is 0 Å². The zero-order valence-electron chi connectivity index (χ0n) is 15.8. The smallest absolute Gasteiger partial charge is 0.261 e. The van der Waals surface area contributed by atoms with Crippen LogP contribution in [0.25, 0.3) is 0 Å². The number of anilines is 2. The number of sulfonamides is 1. The van der Waals surface area contributed by atoms with Crippen LogP contribution in [0, 0.1) is 5.92 Å². The number of fused-ring (bicyclic) bond motifs is 1. The van der Waals surface area contributed by atoms with Crippen molar-refractivity contribution in [2.24, 2.45) is 5.92 Å². The van der Waals surface area contributed by atoms with Gasteiger partial charge in [0, 0.05) is 25.3 Å². The number of hydrogen-bond donors (Lipinski definition) is 1. The van der Waals surface area contributed by atoms with Gasteiger partial charge in [0.1, 0.15) is 0 Å². The minimum absolute atomic E-state index is 0.136. The van der Waals surface area contributed by atoms with Gasteiger partial charge in [0.25, 0.3) is 10.0 Å². The van der Waals surface area contributed by atoms with Crippen molar-refractivity contribution in [1.82, 2.24) is 0 Å².